The van der Waals surface area contributed by atoms with Crippen LogP contribution >= 0.6 is 11.8 Å². The minimum atomic E-state index is -0.987. The molecule has 0 atom stereocenters. The van der Waals surface area contributed by atoms with Gasteiger partial charge in [0.15, 0.2) is 0 Å². The lowest BCUT2D eigenvalue weighted by Gasteiger charge is -2.14. The van der Waals surface area contributed by atoms with Crippen molar-refractivity contribution in [1.29, 1.82) is 0 Å². The summed E-state index contributed by atoms with van der Waals surface area (Å²) in [7, 11) is 0. The molecule has 0 unspecified atom stereocenters. The molecule has 1 aliphatic rings. The van der Waals surface area contributed by atoms with Gasteiger partial charge in [0.1, 0.15) is 0 Å². The van der Waals surface area contributed by atoms with Gasteiger partial charge < -0.3 is 9.67 Å². The number of rotatable bonds is 4. The van der Waals surface area contributed by atoms with Crippen molar-refractivity contribution in [2.24, 2.45) is 0 Å². The molecule has 0 saturated carbocycles. The van der Waals surface area contributed by atoms with Gasteiger partial charge >= 0.3 is 5.97 Å². The van der Waals surface area contributed by atoms with Crippen LogP contribution in [0.15, 0.2) is 59.5 Å². The van der Waals surface area contributed by atoms with Crippen LogP contribution in [0.3, 0.4) is 0 Å². The fraction of sp³-hybridized carbons (Fsp3) is 0.125. The fourth-order valence-corrected chi connectivity index (χ4v) is 4.53. The van der Waals surface area contributed by atoms with Crippen molar-refractivity contribution in [3.05, 3.63) is 87.6 Å². The third kappa shape index (κ3) is 3.68. The number of carboxylic acid groups (broad SMARTS) is 1. The van der Waals surface area contributed by atoms with Crippen molar-refractivity contribution in [1.82, 2.24) is 4.57 Å². The largest absolute Gasteiger partial charge is 0.478 e. The summed E-state index contributed by atoms with van der Waals surface area (Å²) in [4.78, 5) is 38.3. The second-order valence-electron chi connectivity index (χ2n) is 7.32. The van der Waals surface area contributed by atoms with E-state index in [0.29, 0.717) is 10.6 Å². The molecule has 156 valence electrons. The Kier molecular flexibility index (Phi) is 5.29. The Morgan fingerprint density at radius 2 is 1.71 bits per heavy atom. The zero-order chi connectivity index (χ0) is 22.3. The number of nitrogens with zero attached hydrogens (tertiary/aromatic N) is 2. The van der Waals surface area contributed by atoms with Crippen LogP contribution < -0.4 is 4.90 Å². The quantitative estimate of drug-likeness (QED) is 0.563. The number of carbonyl (C=O) groups is 3. The van der Waals surface area contributed by atoms with Crippen LogP contribution in [-0.4, -0.2) is 26.8 Å². The van der Waals surface area contributed by atoms with E-state index in [2.05, 4.69) is 0 Å². The van der Waals surface area contributed by atoms with Gasteiger partial charge in [-0.2, -0.15) is 0 Å². The molecule has 3 aromatic rings. The topological polar surface area (TPSA) is 79.6 Å². The number of benzene rings is 2. The summed E-state index contributed by atoms with van der Waals surface area (Å²) in [6, 6.07) is 15.8. The Hall–Kier alpha value is -3.58. The third-order valence-corrected chi connectivity index (χ3v) is 6.13. The fourth-order valence-electron chi connectivity index (χ4n) is 3.70. The van der Waals surface area contributed by atoms with Crippen LogP contribution in [0.1, 0.15) is 32.9 Å². The maximum atomic E-state index is 12.9. The first-order valence-electron chi connectivity index (χ1n) is 9.64. The average molecular weight is 433 g/mol. The monoisotopic (exact) mass is 432 g/mol. The first-order valence-corrected chi connectivity index (χ1v) is 10.5. The summed E-state index contributed by atoms with van der Waals surface area (Å²) >= 11 is 0.912. The maximum absolute atomic E-state index is 12.9. The van der Waals surface area contributed by atoms with Gasteiger partial charge in [-0.1, -0.05) is 24.3 Å². The predicted octanol–water partition coefficient (Wildman–Crippen LogP) is 5.34. The Morgan fingerprint density at radius 3 is 2.39 bits per heavy atom. The highest BCUT2D eigenvalue weighted by Gasteiger charge is 2.36. The van der Waals surface area contributed by atoms with Gasteiger partial charge in [-0.05, 0) is 80.1 Å². The number of aromatic carboxylic acids is 1. The highest BCUT2D eigenvalue weighted by molar-refractivity contribution is 8.19. The molecule has 31 heavy (non-hydrogen) atoms. The first-order chi connectivity index (χ1) is 14.8. The summed E-state index contributed by atoms with van der Waals surface area (Å²) in [6.07, 6.45) is 1.73. The first kappa shape index (κ1) is 20.7. The van der Waals surface area contributed by atoms with Crippen LogP contribution in [-0.2, 0) is 4.79 Å². The number of thioether (sulfide) groups is 1. The minimum Gasteiger partial charge on any atom is -0.478 e. The van der Waals surface area contributed by atoms with Crippen LogP contribution in [0.5, 0.6) is 0 Å². The third-order valence-electron chi connectivity index (χ3n) is 5.26. The van der Waals surface area contributed by atoms with E-state index in [-0.39, 0.29) is 16.7 Å². The van der Waals surface area contributed by atoms with E-state index in [1.807, 2.05) is 37.5 Å². The molecule has 1 fully saturated rings. The highest BCUT2D eigenvalue weighted by Crippen LogP contribution is 2.36. The average Bonchev–Trinajstić information content (AvgIpc) is 3.17. The van der Waals surface area contributed by atoms with Crippen molar-refractivity contribution < 1.29 is 19.5 Å². The van der Waals surface area contributed by atoms with Crippen molar-refractivity contribution >= 4 is 40.6 Å². The molecular weight excluding hydrogens is 412 g/mol. The van der Waals surface area contributed by atoms with Gasteiger partial charge in [0.2, 0.25) is 0 Å². The molecule has 1 aliphatic heterocycles. The van der Waals surface area contributed by atoms with Gasteiger partial charge in [0.25, 0.3) is 11.1 Å². The molecule has 6 nitrogen and oxygen atoms in total. The number of carbonyl (C=O) groups excluding carboxylic acids is 2. The zero-order valence-corrected chi connectivity index (χ0v) is 18.1. The standard InChI is InChI=1S/C24H20N2O4S/c1-14-9-10-17(23(28)29)12-20(14)25-15(2)11-18(16(25)3)13-21-22(27)26(24(30)31-21)19-7-5-4-6-8-19/h4-13H,1-3H3,(H,28,29)/b21-13-. The number of imide groups is 1. The smallest absolute Gasteiger partial charge is 0.335 e. The second kappa shape index (κ2) is 7.92. The number of hydrogen-bond donors (Lipinski definition) is 1. The lowest BCUT2D eigenvalue weighted by molar-refractivity contribution is -0.113. The minimum absolute atomic E-state index is 0.207. The Bertz CT molecular complexity index is 1260. The van der Waals surface area contributed by atoms with Gasteiger partial charge in [0, 0.05) is 17.1 Å². The van der Waals surface area contributed by atoms with E-state index in [9.17, 15) is 19.5 Å². The van der Waals surface area contributed by atoms with Crippen molar-refractivity contribution in [2.45, 2.75) is 20.8 Å². The van der Waals surface area contributed by atoms with Crippen molar-refractivity contribution in [3.8, 4) is 5.69 Å². The van der Waals surface area contributed by atoms with E-state index in [0.717, 1.165) is 40.0 Å². The molecule has 4 rings (SSSR count). The predicted molar refractivity (Wildman–Crippen MR) is 122 cm³/mol. The van der Waals surface area contributed by atoms with E-state index < -0.39 is 5.97 Å². The van der Waals surface area contributed by atoms with Crippen molar-refractivity contribution in [3.63, 3.8) is 0 Å². The lowest BCUT2D eigenvalue weighted by atomic mass is 10.1. The molecule has 2 aromatic carbocycles. The second-order valence-corrected chi connectivity index (χ2v) is 8.31. The number of carboxylic acids is 1. The zero-order valence-electron chi connectivity index (χ0n) is 17.2. The van der Waals surface area contributed by atoms with Crippen molar-refractivity contribution in [2.75, 3.05) is 4.90 Å². The molecule has 0 radical (unpaired) electrons. The van der Waals surface area contributed by atoms with Gasteiger partial charge in [-0.3, -0.25) is 9.59 Å². The Balaban J connectivity index is 1.74. The molecular formula is C24H20N2O4S. The molecule has 2 amide bonds. The summed E-state index contributed by atoms with van der Waals surface area (Å²) in [5, 5.41) is 9.03. The van der Waals surface area contributed by atoms with Crippen LogP contribution in [0, 0.1) is 20.8 Å². The van der Waals surface area contributed by atoms with Gasteiger partial charge in [-0.15, -0.1) is 0 Å². The summed E-state index contributed by atoms with van der Waals surface area (Å²) in [5.41, 5.74) is 5.01. The number of hydrogen-bond acceptors (Lipinski definition) is 4. The molecule has 1 saturated heterocycles. The number of aryl methyl sites for hydroxylation is 2. The van der Waals surface area contributed by atoms with E-state index in [4.69, 9.17) is 0 Å². The maximum Gasteiger partial charge on any atom is 0.335 e. The van der Waals surface area contributed by atoms with Crippen LogP contribution in [0.2, 0.25) is 0 Å². The molecule has 7 heteroatoms. The summed E-state index contributed by atoms with van der Waals surface area (Å²) in [5.74, 6) is -1.34. The molecule has 1 N–H and O–H groups in total. The van der Waals surface area contributed by atoms with E-state index in [1.165, 1.54) is 4.90 Å². The molecule has 0 spiro atoms. The molecule has 0 aliphatic carbocycles. The number of anilines is 1. The van der Waals surface area contributed by atoms with Gasteiger partial charge in [-0.25, -0.2) is 9.69 Å². The summed E-state index contributed by atoms with van der Waals surface area (Å²) in [6.45, 7) is 5.75. The van der Waals surface area contributed by atoms with Crippen LogP contribution in [0.4, 0.5) is 10.5 Å². The highest BCUT2D eigenvalue weighted by atomic mass is 32.2. The molecule has 2 heterocycles. The number of amides is 2. The van der Waals surface area contributed by atoms with E-state index >= 15 is 0 Å². The molecule has 0 bridgehead atoms. The van der Waals surface area contributed by atoms with Crippen LogP contribution in [0.25, 0.3) is 11.8 Å². The molecule has 1 aromatic heterocycles. The lowest BCUT2D eigenvalue weighted by Crippen LogP contribution is -2.27. The number of para-hydroxylation sites is 1. The van der Waals surface area contributed by atoms with E-state index in [1.54, 1.807) is 48.5 Å². The Morgan fingerprint density at radius 1 is 1.00 bits per heavy atom. The van der Waals surface area contributed by atoms with Gasteiger partial charge in [0.05, 0.1) is 16.2 Å². The number of aromatic nitrogens is 1. The summed E-state index contributed by atoms with van der Waals surface area (Å²) < 4.78 is 1.97. The Labute approximate surface area is 183 Å². The SMILES string of the molecule is Cc1ccc(C(=O)O)cc1-n1c(C)cc(/C=C2\SC(=O)N(c3ccccc3)C2=O)c1C. The normalized spacial score (nSPS) is 15.2.